The van der Waals surface area contributed by atoms with Gasteiger partial charge in [-0.3, -0.25) is 19.3 Å². The molecule has 6 rings (SSSR count). The fourth-order valence-electron chi connectivity index (χ4n) is 5.89. The van der Waals surface area contributed by atoms with Gasteiger partial charge in [0.25, 0.3) is 0 Å². The number of carbonyl (C=O) groups excluding carboxylic acids is 2. The molecule has 10 heteroatoms. The van der Waals surface area contributed by atoms with Crippen LogP contribution in [0.3, 0.4) is 0 Å². The topological polar surface area (TPSA) is 133 Å². The predicted octanol–water partition coefficient (Wildman–Crippen LogP) is 5.50. The van der Waals surface area contributed by atoms with E-state index in [1.807, 2.05) is 109 Å². The smallest absolute Gasteiger partial charge is 0.323 e. The zero-order chi connectivity index (χ0) is 34.8. The number of hydrogen-bond donors (Lipinski definition) is 4. The molecule has 4 aromatic rings. The minimum Gasteiger partial charge on any atom is -0.460 e. The van der Waals surface area contributed by atoms with Gasteiger partial charge in [0.2, 0.25) is 0 Å². The van der Waals surface area contributed by atoms with Crippen LogP contribution in [0.15, 0.2) is 109 Å². The van der Waals surface area contributed by atoms with Crippen LogP contribution in [0.25, 0.3) is 11.1 Å². The maximum atomic E-state index is 12.6. The Labute approximate surface area is 294 Å². The quantitative estimate of drug-likeness (QED) is 0.106. The molecule has 50 heavy (non-hydrogen) atoms. The van der Waals surface area contributed by atoms with Crippen molar-refractivity contribution in [2.45, 2.75) is 76.7 Å². The highest BCUT2D eigenvalue weighted by atomic mass is 16.6. The molecule has 2 aliphatic rings. The van der Waals surface area contributed by atoms with E-state index in [1.165, 1.54) is 0 Å². The number of benzene rings is 4. The third-order valence-corrected chi connectivity index (χ3v) is 8.67. The Morgan fingerprint density at radius 2 is 1.18 bits per heavy atom. The standard InChI is InChI=1S/C27H31N3O4.C13H17NO2/c28-33-18-22-9-5-11-24(15-22)23-10-4-8-21(14-23)17-32-27(31)26-13-12-25(16-29-26)30-34-19-20-6-2-1-3-7-20;15-13(12-8-4-5-9-14-12)16-10-11-6-2-1-3-7-11/h1-11,14-15,25-26,29-30H,12-13,16-19,28H2;1-3,6-7,12,14H,4-5,8-10H2/t25?,26-;12-/m00/s1. The Morgan fingerprint density at radius 1 is 0.620 bits per heavy atom. The van der Waals surface area contributed by atoms with Gasteiger partial charge in [-0.15, -0.1) is 0 Å². The van der Waals surface area contributed by atoms with Gasteiger partial charge in [-0.1, -0.05) is 103 Å². The van der Waals surface area contributed by atoms with Crippen molar-refractivity contribution in [1.29, 1.82) is 0 Å². The summed E-state index contributed by atoms with van der Waals surface area (Å²) in [5.74, 6) is 4.84. The number of esters is 2. The normalized spacial score (nSPS) is 18.7. The van der Waals surface area contributed by atoms with E-state index in [2.05, 4.69) is 16.1 Å². The number of carbonyl (C=O) groups is 2. The lowest BCUT2D eigenvalue weighted by Gasteiger charge is -2.28. The van der Waals surface area contributed by atoms with Crippen LogP contribution in [0.4, 0.5) is 0 Å². The van der Waals surface area contributed by atoms with Crippen LogP contribution in [-0.2, 0) is 55.2 Å². The number of nitrogens with one attached hydrogen (secondary N) is 3. The summed E-state index contributed by atoms with van der Waals surface area (Å²) in [6, 6.07) is 35.5. The lowest BCUT2D eigenvalue weighted by Crippen LogP contribution is -2.51. The molecule has 10 nitrogen and oxygen atoms in total. The largest absolute Gasteiger partial charge is 0.460 e. The third-order valence-electron chi connectivity index (χ3n) is 8.67. The number of nitrogens with two attached hydrogens (primary N) is 1. The van der Waals surface area contributed by atoms with E-state index in [0.29, 0.717) is 32.8 Å². The first kappa shape index (κ1) is 36.9. The second kappa shape index (κ2) is 20.3. The monoisotopic (exact) mass is 680 g/mol. The second-order valence-electron chi connectivity index (χ2n) is 12.5. The van der Waals surface area contributed by atoms with Crippen molar-refractivity contribution < 1.29 is 28.7 Å². The van der Waals surface area contributed by atoms with Crippen molar-refractivity contribution in [1.82, 2.24) is 16.1 Å². The van der Waals surface area contributed by atoms with Crippen LogP contribution in [0, 0.1) is 0 Å². The SMILES string of the molecule is NOCc1cccc(-c2cccc(COC(=O)[C@@H]3CCC(NOCc4ccccc4)CN3)c2)c1.O=C(OCc1ccccc1)[C@@H]1CCCCN1. The molecule has 1 unspecified atom stereocenters. The van der Waals surface area contributed by atoms with Crippen molar-refractivity contribution in [3.05, 3.63) is 131 Å². The summed E-state index contributed by atoms with van der Waals surface area (Å²) < 4.78 is 10.9. The lowest BCUT2D eigenvalue weighted by molar-refractivity contribution is -0.149. The van der Waals surface area contributed by atoms with Crippen LogP contribution in [0.1, 0.15) is 54.4 Å². The van der Waals surface area contributed by atoms with Gasteiger partial charge in [0.05, 0.1) is 13.2 Å². The van der Waals surface area contributed by atoms with E-state index in [9.17, 15) is 9.59 Å². The summed E-state index contributed by atoms with van der Waals surface area (Å²) in [5, 5.41) is 6.45. The second-order valence-corrected chi connectivity index (χ2v) is 12.5. The van der Waals surface area contributed by atoms with Gasteiger partial charge in [-0.2, -0.15) is 5.48 Å². The summed E-state index contributed by atoms with van der Waals surface area (Å²) in [7, 11) is 0. The molecule has 0 aliphatic carbocycles. The summed E-state index contributed by atoms with van der Waals surface area (Å²) in [6.07, 6.45) is 4.69. The van der Waals surface area contributed by atoms with Gasteiger partial charge in [0.15, 0.2) is 0 Å². The minimum atomic E-state index is -0.302. The van der Waals surface area contributed by atoms with Crippen molar-refractivity contribution in [2.24, 2.45) is 5.90 Å². The first-order valence-electron chi connectivity index (χ1n) is 17.3. The van der Waals surface area contributed by atoms with Crippen LogP contribution in [0.2, 0.25) is 0 Å². The summed E-state index contributed by atoms with van der Waals surface area (Å²) in [6.45, 7) is 3.04. The average molecular weight is 681 g/mol. The minimum absolute atomic E-state index is 0.0996. The van der Waals surface area contributed by atoms with Gasteiger partial charge in [-0.05, 0) is 77.7 Å². The molecule has 4 aromatic carbocycles. The third kappa shape index (κ3) is 12.2. The molecule has 2 saturated heterocycles. The molecule has 2 heterocycles. The van der Waals surface area contributed by atoms with E-state index < -0.39 is 0 Å². The van der Waals surface area contributed by atoms with E-state index in [-0.39, 0.29) is 36.7 Å². The van der Waals surface area contributed by atoms with Crippen LogP contribution >= 0.6 is 0 Å². The van der Waals surface area contributed by atoms with Gasteiger partial charge in [0.1, 0.15) is 25.3 Å². The van der Waals surface area contributed by atoms with Crippen molar-refractivity contribution >= 4 is 11.9 Å². The molecule has 2 aliphatic heterocycles. The molecular weight excluding hydrogens is 632 g/mol. The first-order chi connectivity index (χ1) is 24.6. The summed E-state index contributed by atoms with van der Waals surface area (Å²) >= 11 is 0. The summed E-state index contributed by atoms with van der Waals surface area (Å²) in [4.78, 5) is 34.6. The van der Waals surface area contributed by atoms with E-state index in [4.69, 9.17) is 25.0 Å². The molecule has 0 aromatic heterocycles. The molecule has 0 saturated carbocycles. The Kier molecular flexibility index (Phi) is 15.0. The fourth-order valence-corrected chi connectivity index (χ4v) is 5.89. The number of rotatable bonds is 13. The number of hydroxylamine groups is 1. The molecular formula is C40H48N4O6. The number of ether oxygens (including phenoxy) is 2. The zero-order valence-electron chi connectivity index (χ0n) is 28.4. The molecule has 0 amide bonds. The Bertz CT molecular complexity index is 1590. The maximum Gasteiger partial charge on any atom is 0.323 e. The highest BCUT2D eigenvalue weighted by Crippen LogP contribution is 2.23. The Hall–Kier alpha value is -4.42. The van der Waals surface area contributed by atoms with Crippen molar-refractivity contribution in [2.75, 3.05) is 13.1 Å². The Balaban J connectivity index is 0.000000253. The van der Waals surface area contributed by atoms with E-state index in [0.717, 1.165) is 65.6 Å². The lowest BCUT2D eigenvalue weighted by atomic mass is 10.0. The fraction of sp³-hybridized carbons (Fsp3) is 0.350. The van der Waals surface area contributed by atoms with Crippen molar-refractivity contribution in [3.63, 3.8) is 0 Å². The molecule has 5 N–H and O–H groups in total. The maximum absolute atomic E-state index is 12.6. The van der Waals surface area contributed by atoms with Gasteiger partial charge in [-0.25, -0.2) is 5.90 Å². The average Bonchev–Trinajstić information content (AvgIpc) is 3.18. The van der Waals surface area contributed by atoms with E-state index >= 15 is 0 Å². The molecule has 0 radical (unpaired) electrons. The van der Waals surface area contributed by atoms with Crippen LogP contribution in [-0.4, -0.2) is 43.2 Å². The molecule has 2 fully saturated rings. The summed E-state index contributed by atoms with van der Waals surface area (Å²) in [5.41, 5.74) is 9.29. The van der Waals surface area contributed by atoms with E-state index in [1.54, 1.807) is 0 Å². The molecule has 0 bridgehead atoms. The number of piperidine rings is 2. The van der Waals surface area contributed by atoms with Crippen LogP contribution in [0.5, 0.6) is 0 Å². The number of hydrogen-bond acceptors (Lipinski definition) is 10. The van der Waals surface area contributed by atoms with Gasteiger partial charge < -0.3 is 20.1 Å². The molecule has 264 valence electrons. The zero-order valence-corrected chi connectivity index (χ0v) is 28.4. The van der Waals surface area contributed by atoms with Crippen molar-refractivity contribution in [3.8, 4) is 11.1 Å². The molecule has 0 spiro atoms. The highest BCUT2D eigenvalue weighted by molar-refractivity contribution is 5.76. The predicted molar refractivity (Wildman–Crippen MR) is 192 cm³/mol. The van der Waals surface area contributed by atoms with Crippen LogP contribution < -0.4 is 22.0 Å². The highest BCUT2D eigenvalue weighted by Gasteiger charge is 2.27. The van der Waals surface area contributed by atoms with Gasteiger partial charge >= 0.3 is 11.9 Å². The first-order valence-corrected chi connectivity index (χ1v) is 17.3. The Morgan fingerprint density at radius 3 is 1.74 bits per heavy atom. The molecule has 3 atom stereocenters. The van der Waals surface area contributed by atoms with Gasteiger partial charge in [0, 0.05) is 12.6 Å².